The second-order valence-electron chi connectivity index (χ2n) is 9.49. The molecule has 8 unspecified atom stereocenters. The first kappa shape index (κ1) is 22.9. The van der Waals surface area contributed by atoms with Gasteiger partial charge in [-0.1, -0.05) is 33.8 Å². The Labute approximate surface area is 179 Å². The van der Waals surface area contributed by atoms with E-state index in [-0.39, 0.29) is 60.2 Å². The zero-order valence-corrected chi connectivity index (χ0v) is 18.5. The summed E-state index contributed by atoms with van der Waals surface area (Å²) in [6.45, 7) is 7.97. The van der Waals surface area contributed by atoms with E-state index in [9.17, 15) is 19.8 Å². The summed E-state index contributed by atoms with van der Waals surface area (Å²) < 4.78 is 11.4. The van der Waals surface area contributed by atoms with Crippen molar-refractivity contribution in [2.75, 3.05) is 0 Å². The Kier molecular flexibility index (Phi) is 7.27. The number of carbonyl (C=O) groups is 2. The summed E-state index contributed by atoms with van der Waals surface area (Å²) in [4.78, 5) is 24.2. The normalized spacial score (nSPS) is 37.4. The van der Waals surface area contributed by atoms with Gasteiger partial charge in [-0.2, -0.15) is 0 Å². The highest BCUT2D eigenvalue weighted by Gasteiger charge is 2.44. The topological polar surface area (TPSA) is 93.1 Å². The number of aliphatic hydroxyl groups excluding tert-OH is 2. The van der Waals surface area contributed by atoms with Crippen LogP contribution in [0.25, 0.3) is 0 Å². The van der Waals surface area contributed by atoms with E-state index >= 15 is 0 Å². The third-order valence-corrected chi connectivity index (χ3v) is 7.09. The van der Waals surface area contributed by atoms with Crippen LogP contribution < -0.4 is 0 Å². The van der Waals surface area contributed by atoms with Crippen LogP contribution in [0.2, 0.25) is 0 Å². The zero-order valence-electron chi connectivity index (χ0n) is 18.5. The highest BCUT2D eigenvalue weighted by atomic mass is 16.5. The van der Waals surface area contributed by atoms with Crippen LogP contribution in [0.1, 0.15) is 66.2 Å². The van der Waals surface area contributed by atoms with Gasteiger partial charge in [0.15, 0.2) is 0 Å². The maximum absolute atomic E-state index is 12.6. The van der Waals surface area contributed by atoms with E-state index in [1.165, 1.54) is 0 Å². The Balaban J connectivity index is 1.79. The first-order valence-corrected chi connectivity index (χ1v) is 11.4. The number of allylic oxidation sites excluding steroid dienone is 3. The van der Waals surface area contributed by atoms with E-state index in [0.29, 0.717) is 18.6 Å². The van der Waals surface area contributed by atoms with Crippen molar-refractivity contribution in [3.8, 4) is 0 Å². The van der Waals surface area contributed by atoms with Gasteiger partial charge in [-0.25, -0.2) is 0 Å². The van der Waals surface area contributed by atoms with Crippen molar-refractivity contribution in [3.63, 3.8) is 0 Å². The number of esters is 2. The van der Waals surface area contributed by atoms with Crippen molar-refractivity contribution in [3.05, 3.63) is 23.5 Å². The molecular formula is C24H36O6. The molecule has 6 heteroatoms. The molecule has 1 saturated heterocycles. The average molecular weight is 421 g/mol. The number of cyclic esters (lactones) is 1. The molecule has 30 heavy (non-hydrogen) atoms. The SMILES string of the molecule is CCC(C)C(=O)OC1CC(C)C=C2C=C(O)C(C)C(CCC3CC(O)CC(=O)O3)C21. The van der Waals surface area contributed by atoms with Gasteiger partial charge in [-0.3, -0.25) is 9.59 Å². The molecule has 3 rings (SSSR count). The number of fused-ring (bicyclic) bond motifs is 1. The first-order chi connectivity index (χ1) is 14.2. The van der Waals surface area contributed by atoms with Gasteiger partial charge < -0.3 is 19.7 Å². The maximum atomic E-state index is 12.6. The molecule has 3 aliphatic rings. The molecule has 8 atom stereocenters. The molecular weight excluding hydrogens is 384 g/mol. The van der Waals surface area contributed by atoms with Crippen LogP contribution in [0.3, 0.4) is 0 Å². The number of rotatable bonds is 6. The average Bonchev–Trinajstić information content (AvgIpc) is 2.67. The minimum atomic E-state index is -0.649. The number of carbonyl (C=O) groups excluding carboxylic acids is 2. The van der Waals surface area contributed by atoms with Gasteiger partial charge in [-0.15, -0.1) is 0 Å². The molecule has 0 amide bonds. The van der Waals surface area contributed by atoms with Crippen LogP contribution in [0.5, 0.6) is 0 Å². The lowest BCUT2D eigenvalue weighted by Gasteiger charge is -2.44. The Bertz CT molecular complexity index is 710. The molecule has 1 aliphatic heterocycles. The summed E-state index contributed by atoms with van der Waals surface area (Å²) in [5, 5.41) is 20.5. The van der Waals surface area contributed by atoms with Gasteiger partial charge >= 0.3 is 11.9 Å². The van der Waals surface area contributed by atoms with Crippen molar-refractivity contribution in [2.45, 2.75) is 84.5 Å². The number of ether oxygens (including phenoxy) is 2. The third kappa shape index (κ3) is 5.08. The molecule has 0 saturated carbocycles. The number of aliphatic hydroxyl groups is 2. The van der Waals surface area contributed by atoms with E-state index in [1.54, 1.807) is 0 Å². The standard InChI is InChI=1S/C24H36O6/c1-5-14(3)24(28)30-21-9-13(2)8-16-10-20(26)15(4)19(23(16)21)7-6-18-11-17(25)12-22(27)29-18/h8,10,13-15,17-19,21,23,25-26H,5-7,9,11-12H2,1-4H3. The summed E-state index contributed by atoms with van der Waals surface area (Å²) in [5.41, 5.74) is 1.04. The van der Waals surface area contributed by atoms with Crippen LogP contribution in [-0.2, 0) is 19.1 Å². The second kappa shape index (κ2) is 9.54. The highest BCUT2D eigenvalue weighted by molar-refractivity contribution is 5.72. The van der Waals surface area contributed by atoms with Crippen molar-refractivity contribution in [2.24, 2.45) is 29.6 Å². The van der Waals surface area contributed by atoms with Gasteiger partial charge in [-0.05, 0) is 49.2 Å². The lowest BCUT2D eigenvalue weighted by atomic mass is 9.64. The Hall–Kier alpha value is -1.82. The summed E-state index contributed by atoms with van der Waals surface area (Å²) in [6, 6.07) is 0. The molecule has 168 valence electrons. The van der Waals surface area contributed by atoms with Crippen molar-refractivity contribution >= 4 is 11.9 Å². The van der Waals surface area contributed by atoms with E-state index < -0.39 is 6.10 Å². The van der Waals surface area contributed by atoms with Crippen LogP contribution in [0.4, 0.5) is 0 Å². The monoisotopic (exact) mass is 420 g/mol. The summed E-state index contributed by atoms with van der Waals surface area (Å²) >= 11 is 0. The molecule has 0 aromatic carbocycles. The first-order valence-electron chi connectivity index (χ1n) is 11.4. The lowest BCUT2D eigenvalue weighted by molar-refractivity contribution is -0.162. The van der Waals surface area contributed by atoms with E-state index in [0.717, 1.165) is 24.8 Å². The quantitative estimate of drug-likeness (QED) is 0.629. The second-order valence-corrected chi connectivity index (χ2v) is 9.49. The molecule has 0 aromatic heterocycles. The fourth-order valence-corrected chi connectivity index (χ4v) is 5.13. The predicted molar refractivity (Wildman–Crippen MR) is 112 cm³/mol. The van der Waals surface area contributed by atoms with Crippen molar-refractivity contribution in [1.82, 2.24) is 0 Å². The summed E-state index contributed by atoms with van der Waals surface area (Å²) in [5.74, 6) is -0.0275. The van der Waals surface area contributed by atoms with Crippen molar-refractivity contribution in [1.29, 1.82) is 0 Å². The van der Waals surface area contributed by atoms with Gasteiger partial charge in [0.05, 0.1) is 24.2 Å². The zero-order chi connectivity index (χ0) is 22.0. The fourth-order valence-electron chi connectivity index (χ4n) is 5.13. The van der Waals surface area contributed by atoms with E-state index in [4.69, 9.17) is 9.47 Å². The number of hydrogen-bond acceptors (Lipinski definition) is 6. The Morgan fingerprint density at radius 3 is 2.70 bits per heavy atom. The Morgan fingerprint density at radius 1 is 1.30 bits per heavy atom. The van der Waals surface area contributed by atoms with Gasteiger partial charge in [0.25, 0.3) is 0 Å². The van der Waals surface area contributed by atoms with Crippen LogP contribution in [0, 0.1) is 29.6 Å². The number of hydrogen-bond donors (Lipinski definition) is 2. The molecule has 1 fully saturated rings. The third-order valence-electron chi connectivity index (χ3n) is 7.09. The largest absolute Gasteiger partial charge is 0.512 e. The smallest absolute Gasteiger partial charge is 0.308 e. The molecule has 0 bridgehead atoms. The molecule has 1 heterocycles. The fraction of sp³-hybridized carbons (Fsp3) is 0.750. The van der Waals surface area contributed by atoms with E-state index in [1.807, 2.05) is 26.8 Å². The summed E-state index contributed by atoms with van der Waals surface area (Å²) in [6.07, 6.45) is 6.20. The highest BCUT2D eigenvalue weighted by Crippen LogP contribution is 2.47. The maximum Gasteiger partial charge on any atom is 0.308 e. The van der Waals surface area contributed by atoms with Crippen molar-refractivity contribution < 1.29 is 29.3 Å². The molecule has 6 nitrogen and oxygen atoms in total. The Morgan fingerprint density at radius 2 is 2.03 bits per heavy atom. The predicted octanol–water partition coefficient (Wildman–Crippen LogP) is 4.08. The van der Waals surface area contributed by atoms with Gasteiger partial charge in [0.1, 0.15) is 12.2 Å². The van der Waals surface area contributed by atoms with Crippen LogP contribution in [-0.4, -0.2) is 40.5 Å². The molecule has 0 aromatic rings. The molecule has 2 N–H and O–H groups in total. The minimum Gasteiger partial charge on any atom is -0.512 e. The van der Waals surface area contributed by atoms with Crippen LogP contribution in [0.15, 0.2) is 23.5 Å². The molecule has 0 spiro atoms. The van der Waals surface area contributed by atoms with Crippen LogP contribution >= 0.6 is 0 Å². The van der Waals surface area contributed by atoms with Gasteiger partial charge in [0.2, 0.25) is 0 Å². The minimum absolute atomic E-state index is 0.0179. The summed E-state index contributed by atoms with van der Waals surface area (Å²) in [7, 11) is 0. The van der Waals surface area contributed by atoms with E-state index in [2.05, 4.69) is 13.0 Å². The van der Waals surface area contributed by atoms with Gasteiger partial charge in [0, 0.05) is 18.3 Å². The molecule has 0 radical (unpaired) electrons. The lowest BCUT2D eigenvalue weighted by Crippen LogP contribution is -2.43. The molecule has 2 aliphatic carbocycles.